The van der Waals surface area contributed by atoms with Crippen LogP contribution in [-0.4, -0.2) is 41.9 Å². The first kappa shape index (κ1) is 20.1. The first-order valence-electron chi connectivity index (χ1n) is 9.34. The number of imide groups is 1. The first-order chi connectivity index (χ1) is 14.2. The fourth-order valence-corrected chi connectivity index (χ4v) is 3.57. The molecule has 9 heteroatoms. The Hall–Kier alpha value is -3.20. The van der Waals surface area contributed by atoms with Crippen molar-refractivity contribution < 1.29 is 32.3 Å². The number of rotatable bonds is 4. The summed E-state index contributed by atoms with van der Waals surface area (Å²) >= 11 is 0. The van der Waals surface area contributed by atoms with Crippen molar-refractivity contribution in [3.63, 3.8) is 0 Å². The summed E-state index contributed by atoms with van der Waals surface area (Å²) in [6, 6.07) is 8.27. The quantitative estimate of drug-likeness (QED) is 0.768. The van der Waals surface area contributed by atoms with E-state index in [0.29, 0.717) is 6.61 Å². The molecule has 0 radical (unpaired) electrons. The SMILES string of the molecule is O=C(Nc1cccc(C(F)(F)F)c1)c1ccc2c(c1)C(=O)N(CC1CCCO1)C2=O. The van der Waals surface area contributed by atoms with E-state index in [1.54, 1.807) is 0 Å². The Morgan fingerprint density at radius 3 is 2.57 bits per heavy atom. The Balaban J connectivity index is 1.52. The number of halogens is 3. The second-order valence-electron chi connectivity index (χ2n) is 7.15. The van der Waals surface area contributed by atoms with Crippen LogP contribution in [0, 0.1) is 0 Å². The number of nitrogens with zero attached hydrogens (tertiary/aromatic N) is 1. The molecule has 1 unspecified atom stereocenters. The molecule has 2 heterocycles. The topological polar surface area (TPSA) is 75.7 Å². The summed E-state index contributed by atoms with van der Waals surface area (Å²) in [5.74, 6) is -1.65. The number of hydrogen-bond donors (Lipinski definition) is 1. The van der Waals surface area contributed by atoms with Crippen molar-refractivity contribution in [1.29, 1.82) is 0 Å². The fourth-order valence-electron chi connectivity index (χ4n) is 3.57. The van der Waals surface area contributed by atoms with E-state index in [2.05, 4.69) is 5.32 Å². The third-order valence-corrected chi connectivity index (χ3v) is 5.09. The highest BCUT2D eigenvalue weighted by atomic mass is 19.4. The Kier molecular flexibility index (Phi) is 5.07. The van der Waals surface area contributed by atoms with Gasteiger partial charge in [-0.05, 0) is 49.2 Å². The molecule has 1 atom stereocenters. The molecule has 2 aromatic rings. The lowest BCUT2D eigenvalue weighted by atomic mass is 10.1. The lowest BCUT2D eigenvalue weighted by molar-refractivity contribution is -0.137. The molecular weight excluding hydrogens is 401 g/mol. The van der Waals surface area contributed by atoms with Crippen LogP contribution in [0.1, 0.15) is 49.5 Å². The van der Waals surface area contributed by atoms with Crippen molar-refractivity contribution in [3.8, 4) is 0 Å². The summed E-state index contributed by atoms with van der Waals surface area (Å²) in [6.07, 6.45) is -3.10. The lowest BCUT2D eigenvalue weighted by Crippen LogP contribution is -2.36. The second kappa shape index (κ2) is 7.56. The molecule has 30 heavy (non-hydrogen) atoms. The summed E-state index contributed by atoms with van der Waals surface area (Å²) in [6.45, 7) is 0.742. The minimum absolute atomic E-state index is 0.0299. The van der Waals surface area contributed by atoms with Crippen molar-refractivity contribution in [2.24, 2.45) is 0 Å². The molecule has 3 amide bonds. The van der Waals surface area contributed by atoms with Crippen molar-refractivity contribution in [3.05, 3.63) is 64.7 Å². The summed E-state index contributed by atoms with van der Waals surface area (Å²) < 4.78 is 44.0. The Bertz CT molecular complexity index is 1030. The number of nitrogens with one attached hydrogen (secondary N) is 1. The van der Waals surface area contributed by atoms with Crippen LogP contribution in [0.25, 0.3) is 0 Å². The van der Waals surface area contributed by atoms with E-state index in [9.17, 15) is 27.6 Å². The van der Waals surface area contributed by atoms with Crippen molar-refractivity contribution in [2.45, 2.75) is 25.1 Å². The zero-order chi connectivity index (χ0) is 21.5. The third-order valence-electron chi connectivity index (χ3n) is 5.09. The van der Waals surface area contributed by atoms with Gasteiger partial charge >= 0.3 is 6.18 Å². The van der Waals surface area contributed by atoms with Gasteiger partial charge in [0.2, 0.25) is 0 Å². The molecule has 1 fully saturated rings. The van der Waals surface area contributed by atoms with Crippen LogP contribution < -0.4 is 5.32 Å². The van der Waals surface area contributed by atoms with Gasteiger partial charge in [-0.2, -0.15) is 13.2 Å². The van der Waals surface area contributed by atoms with E-state index >= 15 is 0 Å². The van der Waals surface area contributed by atoms with Crippen LogP contribution in [0.5, 0.6) is 0 Å². The molecule has 0 saturated carbocycles. The molecule has 6 nitrogen and oxygen atoms in total. The van der Waals surface area contributed by atoms with Gasteiger partial charge in [-0.3, -0.25) is 19.3 Å². The standard InChI is InChI=1S/C21H17F3N2O4/c22-21(23,24)13-3-1-4-14(10-13)25-18(27)12-6-7-16-17(9-12)20(29)26(19(16)28)11-15-5-2-8-30-15/h1,3-4,6-7,9-10,15H,2,5,8,11H2,(H,25,27). The van der Waals surface area contributed by atoms with Crippen LogP contribution in [-0.2, 0) is 10.9 Å². The van der Waals surface area contributed by atoms with Gasteiger partial charge in [-0.25, -0.2) is 0 Å². The zero-order valence-corrected chi connectivity index (χ0v) is 15.7. The predicted molar refractivity (Wildman–Crippen MR) is 100 cm³/mol. The van der Waals surface area contributed by atoms with Crippen LogP contribution in [0.15, 0.2) is 42.5 Å². The van der Waals surface area contributed by atoms with Gasteiger partial charge in [0.25, 0.3) is 17.7 Å². The maximum Gasteiger partial charge on any atom is 0.416 e. The maximum atomic E-state index is 12.8. The predicted octanol–water partition coefficient (Wildman–Crippen LogP) is 3.73. The first-order valence-corrected chi connectivity index (χ1v) is 9.34. The van der Waals surface area contributed by atoms with E-state index in [4.69, 9.17) is 4.74 Å². The molecule has 2 aliphatic rings. The normalized spacial score (nSPS) is 18.6. The average molecular weight is 418 g/mol. The Labute approximate surface area is 169 Å². The Morgan fingerprint density at radius 1 is 1.10 bits per heavy atom. The summed E-state index contributed by atoms with van der Waals surface area (Å²) in [5.41, 5.74) is -0.577. The van der Waals surface area contributed by atoms with Crippen molar-refractivity contribution >= 4 is 23.4 Å². The number of ether oxygens (including phenoxy) is 1. The van der Waals surface area contributed by atoms with Gasteiger partial charge in [0.15, 0.2) is 0 Å². The molecule has 2 aliphatic heterocycles. The second-order valence-corrected chi connectivity index (χ2v) is 7.15. The number of benzene rings is 2. The number of carbonyl (C=O) groups excluding carboxylic acids is 3. The summed E-state index contributed by atoms with van der Waals surface area (Å²) in [7, 11) is 0. The molecule has 1 saturated heterocycles. The average Bonchev–Trinajstić information content (AvgIpc) is 3.30. The molecule has 0 aliphatic carbocycles. The molecule has 156 valence electrons. The number of alkyl halides is 3. The molecule has 0 spiro atoms. The highest BCUT2D eigenvalue weighted by Crippen LogP contribution is 2.31. The number of fused-ring (bicyclic) bond motifs is 1. The highest BCUT2D eigenvalue weighted by molar-refractivity contribution is 6.22. The largest absolute Gasteiger partial charge is 0.416 e. The number of amides is 3. The van der Waals surface area contributed by atoms with Crippen LogP contribution in [0.2, 0.25) is 0 Å². The number of carbonyl (C=O) groups is 3. The highest BCUT2D eigenvalue weighted by Gasteiger charge is 2.38. The van der Waals surface area contributed by atoms with E-state index in [1.165, 1.54) is 30.3 Å². The molecule has 1 N–H and O–H groups in total. The molecule has 2 aromatic carbocycles. The molecule has 4 rings (SSSR count). The van der Waals surface area contributed by atoms with E-state index in [1.807, 2.05) is 0 Å². The van der Waals surface area contributed by atoms with Gasteiger partial charge in [-0.1, -0.05) is 6.07 Å². The minimum atomic E-state index is -4.53. The van der Waals surface area contributed by atoms with Gasteiger partial charge in [0.05, 0.1) is 29.3 Å². The smallest absolute Gasteiger partial charge is 0.376 e. The summed E-state index contributed by atoms with van der Waals surface area (Å²) in [4.78, 5) is 38.8. The lowest BCUT2D eigenvalue weighted by Gasteiger charge is -2.17. The van der Waals surface area contributed by atoms with Gasteiger partial charge in [0.1, 0.15) is 0 Å². The van der Waals surface area contributed by atoms with Gasteiger partial charge in [0, 0.05) is 17.9 Å². The molecular formula is C21H17F3N2O4. The van der Waals surface area contributed by atoms with Crippen LogP contribution in [0.4, 0.5) is 18.9 Å². The maximum absolute atomic E-state index is 12.8. The Morgan fingerprint density at radius 2 is 1.87 bits per heavy atom. The van der Waals surface area contributed by atoms with E-state index < -0.39 is 29.5 Å². The van der Waals surface area contributed by atoms with E-state index in [0.717, 1.165) is 29.9 Å². The van der Waals surface area contributed by atoms with Gasteiger partial charge in [-0.15, -0.1) is 0 Å². The number of hydrogen-bond acceptors (Lipinski definition) is 4. The minimum Gasteiger partial charge on any atom is -0.376 e. The van der Waals surface area contributed by atoms with Crippen LogP contribution in [0.3, 0.4) is 0 Å². The van der Waals surface area contributed by atoms with Crippen molar-refractivity contribution in [1.82, 2.24) is 4.90 Å². The monoisotopic (exact) mass is 418 g/mol. The number of anilines is 1. The fraction of sp³-hybridized carbons (Fsp3) is 0.286. The molecule has 0 bridgehead atoms. The summed E-state index contributed by atoms with van der Waals surface area (Å²) in [5, 5.41) is 2.39. The van der Waals surface area contributed by atoms with Crippen LogP contribution >= 0.6 is 0 Å². The zero-order valence-electron chi connectivity index (χ0n) is 15.7. The van der Waals surface area contributed by atoms with Crippen molar-refractivity contribution in [2.75, 3.05) is 18.5 Å². The third kappa shape index (κ3) is 3.80. The van der Waals surface area contributed by atoms with Gasteiger partial charge < -0.3 is 10.1 Å². The van der Waals surface area contributed by atoms with E-state index in [-0.39, 0.29) is 35.0 Å². The molecule has 0 aromatic heterocycles.